The molecule has 0 N–H and O–H groups in total. The lowest BCUT2D eigenvalue weighted by Crippen LogP contribution is -2.48. The lowest BCUT2D eigenvalue weighted by Gasteiger charge is -2.32. The standard InChI is InChI=1S/C17H18FN3O3/c1-11-9-15(22)16(17(23)20-7-8-24-10-12(20)2)19-21(11)14-6-4-3-5-13(14)18/h3-6,9,12H,7-8,10H2,1-2H3/t12-/m1/s1. The quantitative estimate of drug-likeness (QED) is 0.837. The minimum atomic E-state index is -0.477. The third kappa shape index (κ3) is 2.94. The Hall–Kier alpha value is -2.54. The first-order chi connectivity index (χ1) is 11.5. The largest absolute Gasteiger partial charge is 0.377 e. The molecule has 3 rings (SSSR count). The molecule has 0 spiro atoms. The Morgan fingerprint density at radius 2 is 2.12 bits per heavy atom. The molecule has 1 aromatic heterocycles. The monoisotopic (exact) mass is 331 g/mol. The third-order valence-electron chi connectivity index (χ3n) is 4.02. The van der Waals surface area contributed by atoms with Gasteiger partial charge in [0.15, 0.2) is 5.69 Å². The predicted molar refractivity (Wildman–Crippen MR) is 85.8 cm³/mol. The van der Waals surface area contributed by atoms with Crippen molar-refractivity contribution in [3.63, 3.8) is 0 Å². The molecule has 24 heavy (non-hydrogen) atoms. The fourth-order valence-corrected chi connectivity index (χ4v) is 2.73. The van der Waals surface area contributed by atoms with E-state index in [4.69, 9.17) is 4.74 Å². The summed E-state index contributed by atoms with van der Waals surface area (Å²) in [6.45, 7) is 4.73. The maximum Gasteiger partial charge on any atom is 0.278 e. The molecular formula is C17H18FN3O3. The van der Waals surface area contributed by atoms with E-state index in [2.05, 4.69) is 5.10 Å². The Morgan fingerprint density at radius 3 is 2.83 bits per heavy atom. The Morgan fingerprint density at radius 1 is 1.38 bits per heavy atom. The zero-order valence-corrected chi connectivity index (χ0v) is 13.5. The maximum atomic E-state index is 14.1. The summed E-state index contributed by atoms with van der Waals surface area (Å²) in [6, 6.07) is 7.25. The maximum absolute atomic E-state index is 14.1. The van der Waals surface area contributed by atoms with E-state index in [1.54, 1.807) is 30.0 Å². The van der Waals surface area contributed by atoms with E-state index in [1.807, 2.05) is 6.92 Å². The number of nitrogens with zero attached hydrogens (tertiary/aromatic N) is 3. The van der Waals surface area contributed by atoms with Crippen LogP contribution in [0.1, 0.15) is 23.1 Å². The average Bonchev–Trinajstić information content (AvgIpc) is 2.56. The highest BCUT2D eigenvalue weighted by atomic mass is 19.1. The molecule has 126 valence electrons. The molecule has 0 unspecified atom stereocenters. The molecule has 1 atom stereocenters. The predicted octanol–water partition coefficient (Wildman–Crippen LogP) is 1.54. The minimum absolute atomic E-state index is 0.143. The highest BCUT2D eigenvalue weighted by molar-refractivity contribution is 5.92. The highest BCUT2D eigenvalue weighted by Gasteiger charge is 2.28. The first kappa shape index (κ1) is 16.3. The van der Waals surface area contributed by atoms with Gasteiger partial charge < -0.3 is 9.64 Å². The number of carbonyl (C=O) groups excluding carboxylic acids is 1. The SMILES string of the molecule is Cc1cc(=O)c(C(=O)N2CCOC[C@H]2C)nn1-c1ccccc1F. The molecule has 1 aromatic carbocycles. The van der Waals surface area contributed by atoms with Crippen molar-refractivity contribution >= 4 is 5.91 Å². The zero-order chi connectivity index (χ0) is 17.3. The number of aryl methyl sites for hydroxylation is 1. The van der Waals surface area contributed by atoms with Gasteiger partial charge in [0.25, 0.3) is 5.91 Å². The summed E-state index contributed by atoms with van der Waals surface area (Å²) < 4.78 is 20.7. The van der Waals surface area contributed by atoms with Crippen LogP contribution in [0.15, 0.2) is 35.1 Å². The van der Waals surface area contributed by atoms with E-state index in [0.717, 1.165) is 0 Å². The van der Waals surface area contributed by atoms with Gasteiger partial charge >= 0.3 is 0 Å². The Labute approximate surface area is 138 Å². The van der Waals surface area contributed by atoms with E-state index in [0.29, 0.717) is 25.5 Å². The molecule has 1 aliphatic heterocycles. The second kappa shape index (κ2) is 6.52. The fraction of sp³-hybridized carbons (Fsp3) is 0.353. The third-order valence-corrected chi connectivity index (χ3v) is 4.02. The van der Waals surface area contributed by atoms with Crippen molar-refractivity contribution in [2.75, 3.05) is 19.8 Å². The molecule has 1 aliphatic rings. The van der Waals surface area contributed by atoms with Gasteiger partial charge in [0, 0.05) is 18.3 Å². The van der Waals surface area contributed by atoms with Gasteiger partial charge in [-0.15, -0.1) is 0 Å². The van der Waals surface area contributed by atoms with Crippen molar-refractivity contribution in [1.82, 2.24) is 14.7 Å². The van der Waals surface area contributed by atoms with Gasteiger partial charge in [-0.3, -0.25) is 9.59 Å². The molecule has 0 radical (unpaired) electrons. The number of aromatic nitrogens is 2. The van der Waals surface area contributed by atoms with Crippen molar-refractivity contribution in [2.45, 2.75) is 19.9 Å². The molecule has 2 heterocycles. The molecular weight excluding hydrogens is 313 g/mol. The van der Waals surface area contributed by atoms with Gasteiger partial charge in [-0.05, 0) is 26.0 Å². The first-order valence-corrected chi connectivity index (χ1v) is 7.73. The lowest BCUT2D eigenvalue weighted by molar-refractivity contribution is 0.00309. The van der Waals surface area contributed by atoms with Crippen LogP contribution in [0.3, 0.4) is 0 Å². The van der Waals surface area contributed by atoms with Crippen LogP contribution in [0.4, 0.5) is 4.39 Å². The van der Waals surface area contributed by atoms with Crippen molar-refractivity contribution in [3.8, 4) is 5.69 Å². The number of ether oxygens (including phenoxy) is 1. The Kier molecular flexibility index (Phi) is 4.44. The smallest absolute Gasteiger partial charge is 0.278 e. The van der Waals surface area contributed by atoms with Crippen molar-refractivity contribution < 1.29 is 13.9 Å². The van der Waals surface area contributed by atoms with Gasteiger partial charge in [-0.2, -0.15) is 5.10 Å². The minimum Gasteiger partial charge on any atom is -0.377 e. The molecule has 2 aromatic rings. The molecule has 0 saturated carbocycles. The normalized spacial score (nSPS) is 17.8. The van der Waals surface area contributed by atoms with Crippen LogP contribution in [-0.4, -0.2) is 46.4 Å². The van der Waals surface area contributed by atoms with E-state index >= 15 is 0 Å². The van der Waals surface area contributed by atoms with Gasteiger partial charge in [-0.25, -0.2) is 9.07 Å². The van der Waals surface area contributed by atoms with Crippen LogP contribution >= 0.6 is 0 Å². The molecule has 1 saturated heterocycles. The van der Waals surface area contributed by atoms with E-state index < -0.39 is 17.2 Å². The lowest BCUT2D eigenvalue weighted by atomic mass is 10.2. The summed E-state index contributed by atoms with van der Waals surface area (Å²) in [4.78, 5) is 26.5. The molecule has 0 aliphatic carbocycles. The number of halogens is 1. The van der Waals surface area contributed by atoms with E-state index in [9.17, 15) is 14.0 Å². The van der Waals surface area contributed by atoms with Crippen molar-refractivity contribution in [3.05, 3.63) is 57.8 Å². The summed E-state index contributed by atoms with van der Waals surface area (Å²) in [5, 5.41) is 4.14. The van der Waals surface area contributed by atoms with E-state index in [1.165, 1.54) is 16.8 Å². The zero-order valence-electron chi connectivity index (χ0n) is 13.5. The highest BCUT2D eigenvalue weighted by Crippen LogP contribution is 2.14. The number of benzene rings is 1. The second-order valence-corrected chi connectivity index (χ2v) is 5.78. The summed E-state index contributed by atoms with van der Waals surface area (Å²) >= 11 is 0. The summed E-state index contributed by atoms with van der Waals surface area (Å²) in [6.07, 6.45) is 0. The van der Waals surface area contributed by atoms with Crippen LogP contribution in [0, 0.1) is 12.7 Å². The van der Waals surface area contributed by atoms with Gasteiger partial charge in [0.2, 0.25) is 5.43 Å². The van der Waals surface area contributed by atoms with Crippen molar-refractivity contribution in [2.24, 2.45) is 0 Å². The van der Waals surface area contributed by atoms with Crippen LogP contribution < -0.4 is 5.43 Å². The topological polar surface area (TPSA) is 64.4 Å². The Bertz CT molecular complexity index is 834. The van der Waals surface area contributed by atoms with E-state index in [-0.39, 0.29) is 17.4 Å². The average molecular weight is 331 g/mol. The number of rotatable bonds is 2. The summed E-state index contributed by atoms with van der Waals surface area (Å²) in [5.74, 6) is -0.934. The van der Waals surface area contributed by atoms with Crippen molar-refractivity contribution in [1.29, 1.82) is 0 Å². The second-order valence-electron chi connectivity index (χ2n) is 5.78. The molecule has 7 heteroatoms. The summed E-state index contributed by atoms with van der Waals surface area (Å²) in [7, 11) is 0. The summed E-state index contributed by atoms with van der Waals surface area (Å²) in [5.41, 5.74) is -0.0304. The van der Waals surface area contributed by atoms with Gasteiger partial charge in [0.1, 0.15) is 11.5 Å². The molecule has 0 bridgehead atoms. The fourth-order valence-electron chi connectivity index (χ4n) is 2.73. The van der Waals surface area contributed by atoms with Gasteiger partial charge in [0.05, 0.1) is 19.3 Å². The molecule has 6 nitrogen and oxygen atoms in total. The number of hydrogen-bond acceptors (Lipinski definition) is 4. The Balaban J connectivity index is 2.06. The van der Waals surface area contributed by atoms with Gasteiger partial charge in [-0.1, -0.05) is 12.1 Å². The van der Waals surface area contributed by atoms with Crippen LogP contribution in [0.2, 0.25) is 0 Å². The first-order valence-electron chi connectivity index (χ1n) is 7.73. The number of amides is 1. The number of hydrogen-bond donors (Lipinski definition) is 0. The van der Waals surface area contributed by atoms with Crippen LogP contribution in [-0.2, 0) is 4.74 Å². The number of morpholine rings is 1. The van der Waals surface area contributed by atoms with Crippen LogP contribution in [0.25, 0.3) is 5.69 Å². The van der Waals surface area contributed by atoms with Crippen LogP contribution in [0.5, 0.6) is 0 Å². The molecule has 1 fully saturated rings. The number of para-hydroxylation sites is 1. The molecule has 1 amide bonds. The number of carbonyl (C=O) groups is 1.